The molecule has 0 fully saturated rings. The lowest BCUT2D eigenvalue weighted by atomic mass is 10.1. The van der Waals surface area contributed by atoms with Crippen molar-refractivity contribution >= 4 is 17.8 Å². The molecule has 1 amide bonds. The van der Waals surface area contributed by atoms with Crippen molar-refractivity contribution in [3.8, 4) is 0 Å². The molecule has 0 aliphatic rings. The number of hydrogen-bond donors (Lipinski definition) is 3. The van der Waals surface area contributed by atoms with Gasteiger partial charge in [-0.3, -0.25) is 9.59 Å². The first kappa shape index (κ1) is 14.4. The maximum atomic E-state index is 11.2. The van der Waals surface area contributed by atoms with Gasteiger partial charge in [-0.25, -0.2) is 4.79 Å². The Balaban J connectivity index is 4.17. The number of nitrogens with one attached hydrogen (secondary N) is 1. The summed E-state index contributed by atoms with van der Waals surface area (Å²) in [5.74, 6) is -2.76. The molecule has 0 aromatic heterocycles. The number of hydrogen-bond acceptors (Lipinski definition) is 4. The van der Waals surface area contributed by atoms with E-state index in [9.17, 15) is 14.4 Å². The van der Waals surface area contributed by atoms with Gasteiger partial charge in [-0.15, -0.1) is 0 Å². The Morgan fingerprint density at radius 3 is 2.19 bits per heavy atom. The molecular formula is C9H16N2O5. The Labute approximate surface area is 93.0 Å². The van der Waals surface area contributed by atoms with Crippen LogP contribution in [0.5, 0.6) is 0 Å². The van der Waals surface area contributed by atoms with Crippen molar-refractivity contribution in [2.45, 2.75) is 18.9 Å². The molecule has 0 aliphatic carbocycles. The number of aliphatic carboxylic acids is 2. The Morgan fingerprint density at radius 2 is 1.81 bits per heavy atom. The van der Waals surface area contributed by atoms with Gasteiger partial charge in [0.2, 0.25) is 5.91 Å². The van der Waals surface area contributed by atoms with Crippen LogP contribution in [0.15, 0.2) is 0 Å². The molecule has 0 saturated carbocycles. The van der Waals surface area contributed by atoms with E-state index in [4.69, 9.17) is 10.2 Å². The van der Waals surface area contributed by atoms with Crippen LogP contribution in [-0.2, 0) is 14.4 Å². The Bertz CT molecular complexity index is 277. The van der Waals surface area contributed by atoms with Crippen LogP contribution in [0.4, 0.5) is 0 Å². The van der Waals surface area contributed by atoms with Gasteiger partial charge >= 0.3 is 11.9 Å². The molecule has 0 radical (unpaired) electrons. The highest BCUT2D eigenvalue weighted by Gasteiger charge is 2.20. The van der Waals surface area contributed by atoms with Gasteiger partial charge in [0.15, 0.2) is 0 Å². The molecule has 0 rings (SSSR count). The second kappa shape index (κ2) is 6.78. The number of rotatable bonds is 7. The highest BCUT2D eigenvalue weighted by Crippen LogP contribution is 1.98. The average Bonchev–Trinajstić information content (AvgIpc) is 2.09. The summed E-state index contributed by atoms with van der Waals surface area (Å²) in [5.41, 5.74) is 0. The fraction of sp³-hybridized carbons (Fsp3) is 0.667. The van der Waals surface area contributed by atoms with E-state index in [1.807, 2.05) is 0 Å². The minimum absolute atomic E-state index is 0.0663. The van der Waals surface area contributed by atoms with E-state index in [0.717, 1.165) is 0 Å². The SMILES string of the molecule is CN(C)CC(=O)N[C@@H](CCC(=O)O)C(=O)O. The minimum atomic E-state index is -1.23. The molecule has 0 unspecified atom stereocenters. The summed E-state index contributed by atoms with van der Waals surface area (Å²) in [6, 6.07) is -1.15. The lowest BCUT2D eigenvalue weighted by Gasteiger charge is -2.15. The smallest absolute Gasteiger partial charge is 0.326 e. The highest BCUT2D eigenvalue weighted by atomic mass is 16.4. The lowest BCUT2D eigenvalue weighted by molar-refractivity contribution is -0.143. The molecule has 0 aliphatic heterocycles. The summed E-state index contributed by atoms with van der Waals surface area (Å²) in [6.07, 6.45) is -0.414. The van der Waals surface area contributed by atoms with Gasteiger partial charge < -0.3 is 20.4 Å². The maximum absolute atomic E-state index is 11.2. The zero-order chi connectivity index (χ0) is 12.7. The van der Waals surface area contributed by atoms with Crippen molar-refractivity contribution in [3.05, 3.63) is 0 Å². The largest absolute Gasteiger partial charge is 0.481 e. The summed E-state index contributed by atoms with van der Waals surface area (Å²) < 4.78 is 0. The van der Waals surface area contributed by atoms with Gasteiger partial charge in [0.25, 0.3) is 0 Å². The molecule has 0 saturated heterocycles. The first-order chi connectivity index (χ1) is 7.32. The number of nitrogens with zero attached hydrogens (tertiary/aromatic N) is 1. The van der Waals surface area contributed by atoms with Crippen molar-refractivity contribution < 1.29 is 24.6 Å². The van der Waals surface area contributed by atoms with Gasteiger partial charge in [0.1, 0.15) is 6.04 Å². The predicted molar refractivity (Wildman–Crippen MR) is 55.0 cm³/mol. The Hall–Kier alpha value is -1.63. The van der Waals surface area contributed by atoms with E-state index in [0.29, 0.717) is 0 Å². The van der Waals surface area contributed by atoms with Crippen LogP contribution >= 0.6 is 0 Å². The van der Waals surface area contributed by atoms with E-state index in [1.54, 1.807) is 19.0 Å². The first-order valence-electron chi connectivity index (χ1n) is 4.71. The van der Waals surface area contributed by atoms with E-state index >= 15 is 0 Å². The van der Waals surface area contributed by atoms with Crippen LogP contribution in [0.1, 0.15) is 12.8 Å². The minimum Gasteiger partial charge on any atom is -0.481 e. The molecular weight excluding hydrogens is 216 g/mol. The molecule has 0 aromatic rings. The standard InChI is InChI=1S/C9H16N2O5/c1-11(2)5-7(12)10-6(9(15)16)3-4-8(13)14/h6H,3-5H2,1-2H3,(H,10,12)(H,13,14)(H,15,16)/t6-/m0/s1. The second-order valence-corrected chi connectivity index (χ2v) is 3.63. The van der Waals surface area contributed by atoms with Crippen LogP contribution in [0.25, 0.3) is 0 Å². The molecule has 3 N–H and O–H groups in total. The molecule has 0 heterocycles. The van der Waals surface area contributed by atoms with Crippen LogP contribution in [0, 0.1) is 0 Å². The third kappa shape index (κ3) is 6.77. The van der Waals surface area contributed by atoms with Crippen molar-refractivity contribution in [1.82, 2.24) is 10.2 Å². The van der Waals surface area contributed by atoms with Crippen LogP contribution in [0.3, 0.4) is 0 Å². The van der Waals surface area contributed by atoms with Crippen molar-refractivity contribution in [2.24, 2.45) is 0 Å². The number of carboxylic acid groups (broad SMARTS) is 2. The van der Waals surface area contributed by atoms with Crippen LogP contribution in [0.2, 0.25) is 0 Å². The van der Waals surface area contributed by atoms with Gasteiger partial charge in [-0.2, -0.15) is 0 Å². The van der Waals surface area contributed by atoms with E-state index in [1.165, 1.54) is 0 Å². The monoisotopic (exact) mass is 232 g/mol. The molecule has 92 valence electrons. The molecule has 0 bridgehead atoms. The Morgan fingerprint density at radius 1 is 1.25 bits per heavy atom. The normalized spacial score (nSPS) is 12.2. The van der Waals surface area contributed by atoms with Crippen molar-refractivity contribution in [1.29, 1.82) is 0 Å². The Kier molecular flexibility index (Phi) is 6.09. The second-order valence-electron chi connectivity index (χ2n) is 3.63. The third-order valence-electron chi connectivity index (χ3n) is 1.74. The summed E-state index contributed by atoms with van der Waals surface area (Å²) >= 11 is 0. The van der Waals surface area contributed by atoms with Gasteiger partial charge in [0.05, 0.1) is 6.54 Å². The van der Waals surface area contributed by atoms with Gasteiger partial charge in [-0.05, 0) is 20.5 Å². The molecule has 7 nitrogen and oxygen atoms in total. The quantitative estimate of drug-likeness (QED) is 0.518. The number of amides is 1. The van der Waals surface area contributed by atoms with Crippen molar-refractivity contribution in [2.75, 3.05) is 20.6 Å². The summed E-state index contributed by atoms with van der Waals surface area (Å²) in [4.78, 5) is 33.8. The molecule has 0 spiro atoms. The fourth-order valence-electron chi connectivity index (χ4n) is 1.05. The number of carbonyl (C=O) groups excluding carboxylic acids is 1. The summed E-state index contributed by atoms with van der Waals surface area (Å²) in [7, 11) is 3.35. The number of carboxylic acids is 2. The third-order valence-corrected chi connectivity index (χ3v) is 1.74. The van der Waals surface area contributed by atoms with Gasteiger partial charge in [-0.1, -0.05) is 0 Å². The average molecular weight is 232 g/mol. The van der Waals surface area contributed by atoms with Crippen LogP contribution in [-0.4, -0.2) is 59.6 Å². The molecule has 7 heteroatoms. The summed E-state index contributed by atoms with van der Waals surface area (Å²) in [6.45, 7) is 0.0663. The predicted octanol–water partition coefficient (Wildman–Crippen LogP) is -1.02. The lowest BCUT2D eigenvalue weighted by Crippen LogP contribution is -2.44. The van der Waals surface area contributed by atoms with E-state index in [-0.39, 0.29) is 19.4 Å². The molecule has 1 atom stereocenters. The topological polar surface area (TPSA) is 107 Å². The molecule has 0 aromatic carbocycles. The van der Waals surface area contributed by atoms with Crippen LogP contribution < -0.4 is 5.32 Å². The number of carbonyl (C=O) groups is 3. The van der Waals surface area contributed by atoms with E-state index in [2.05, 4.69) is 5.32 Å². The van der Waals surface area contributed by atoms with E-state index < -0.39 is 23.9 Å². The fourth-order valence-corrected chi connectivity index (χ4v) is 1.05. The number of likely N-dealkylation sites (N-methyl/N-ethyl adjacent to an activating group) is 1. The highest BCUT2D eigenvalue weighted by molar-refractivity contribution is 5.85. The summed E-state index contributed by atoms with van der Waals surface area (Å²) in [5, 5.41) is 19.4. The molecule has 16 heavy (non-hydrogen) atoms. The first-order valence-corrected chi connectivity index (χ1v) is 4.71. The van der Waals surface area contributed by atoms with Gasteiger partial charge in [0, 0.05) is 6.42 Å². The zero-order valence-electron chi connectivity index (χ0n) is 9.27. The maximum Gasteiger partial charge on any atom is 0.326 e. The van der Waals surface area contributed by atoms with Crippen molar-refractivity contribution in [3.63, 3.8) is 0 Å². The zero-order valence-corrected chi connectivity index (χ0v) is 9.27.